The van der Waals surface area contributed by atoms with Gasteiger partial charge in [-0.25, -0.2) is 13.9 Å². The van der Waals surface area contributed by atoms with Gasteiger partial charge in [0.1, 0.15) is 11.7 Å². The number of hydrogen-bond acceptors (Lipinski definition) is 4. The first-order valence-corrected chi connectivity index (χ1v) is 13.1. The van der Waals surface area contributed by atoms with Gasteiger partial charge < -0.3 is 16.2 Å². The van der Waals surface area contributed by atoms with E-state index in [-0.39, 0.29) is 12.4 Å². The molecule has 192 valence electrons. The number of nitrogens with zero attached hydrogens (tertiary/aromatic N) is 3. The standard InChI is InChI=1S/C30H34FN5O/c1-3-21-11-12-23(31)15-27(21)35-30(32)26-16-33-36-17-22(25-13-20(18-37)10-9-19(25)2)14-28(36)29(26)34-24-7-5-4-6-8-24/h9-17,24,34,37H,3-8,18H2,1-2H3,(H2,32,35). The van der Waals surface area contributed by atoms with E-state index >= 15 is 0 Å². The van der Waals surface area contributed by atoms with Crippen LogP contribution in [-0.2, 0) is 13.0 Å². The molecule has 0 spiro atoms. The number of hydrogen-bond donors (Lipinski definition) is 3. The fourth-order valence-electron chi connectivity index (χ4n) is 5.21. The maximum absolute atomic E-state index is 14.0. The summed E-state index contributed by atoms with van der Waals surface area (Å²) >= 11 is 0. The lowest BCUT2D eigenvalue weighted by molar-refractivity contribution is 0.282. The number of fused-ring (bicyclic) bond motifs is 1. The number of aliphatic hydroxyl groups is 1. The molecule has 1 aliphatic carbocycles. The van der Waals surface area contributed by atoms with Gasteiger partial charge in [-0.05, 0) is 72.7 Å². The van der Waals surface area contributed by atoms with Gasteiger partial charge >= 0.3 is 0 Å². The molecule has 0 bridgehead atoms. The predicted molar refractivity (Wildman–Crippen MR) is 148 cm³/mol. The zero-order chi connectivity index (χ0) is 25.9. The number of nitrogens with two attached hydrogens (primary N) is 1. The van der Waals surface area contributed by atoms with E-state index in [4.69, 9.17) is 5.73 Å². The number of amidine groups is 1. The molecule has 0 aliphatic heterocycles. The zero-order valence-corrected chi connectivity index (χ0v) is 21.5. The number of aliphatic imine (C=N–C) groups is 1. The zero-order valence-electron chi connectivity index (χ0n) is 21.5. The molecule has 0 radical (unpaired) electrons. The number of nitrogens with one attached hydrogen (secondary N) is 1. The van der Waals surface area contributed by atoms with Crippen LogP contribution in [0.4, 0.5) is 15.8 Å². The summed E-state index contributed by atoms with van der Waals surface area (Å²) in [6, 6.07) is 13.1. The molecule has 5 rings (SSSR count). The number of rotatable bonds is 7. The number of aryl methyl sites for hydroxylation is 2. The van der Waals surface area contributed by atoms with E-state index in [9.17, 15) is 9.50 Å². The van der Waals surface area contributed by atoms with Crippen molar-refractivity contribution in [3.05, 3.63) is 82.9 Å². The van der Waals surface area contributed by atoms with Gasteiger partial charge in [0, 0.05) is 17.8 Å². The van der Waals surface area contributed by atoms with E-state index in [0.29, 0.717) is 23.1 Å². The van der Waals surface area contributed by atoms with Crippen molar-refractivity contribution in [2.24, 2.45) is 10.7 Å². The molecule has 4 aromatic rings. The number of aromatic nitrogens is 2. The van der Waals surface area contributed by atoms with Crippen LogP contribution in [-0.4, -0.2) is 26.6 Å². The molecule has 4 N–H and O–H groups in total. The molecule has 0 amide bonds. The van der Waals surface area contributed by atoms with E-state index in [1.165, 1.54) is 31.4 Å². The maximum atomic E-state index is 14.0. The minimum Gasteiger partial charge on any atom is -0.392 e. The van der Waals surface area contributed by atoms with Crippen LogP contribution in [0.15, 0.2) is 59.9 Å². The van der Waals surface area contributed by atoms with Crippen molar-refractivity contribution in [1.29, 1.82) is 0 Å². The van der Waals surface area contributed by atoms with Crippen LogP contribution in [0.1, 0.15) is 61.3 Å². The number of anilines is 1. The Kier molecular flexibility index (Phi) is 7.24. The third-order valence-electron chi connectivity index (χ3n) is 7.33. The Hall–Kier alpha value is -3.71. The summed E-state index contributed by atoms with van der Waals surface area (Å²) in [5.74, 6) is -0.0376. The molecule has 1 aliphatic rings. The summed E-state index contributed by atoms with van der Waals surface area (Å²) < 4.78 is 15.9. The molecule has 0 saturated heterocycles. The summed E-state index contributed by atoms with van der Waals surface area (Å²) in [6.07, 6.45) is 10.3. The van der Waals surface area contributed by atoms with E-state index in [1.807, 2.05) is 35.8 Å². The van der Waals surface area contributed by atoms with Crippen molar-refractivity contribution in [2.75, 3.05) is 5.32 Å². The highest BCUT2D eigenvalue weighted by molar-refractivity contribution is 6.06. The summed E-state index contributed by atoms with van der Waals surface area (Å²) in [4.78, 5) is 4.66. The first-order chi connectivity index (χ1) is 18.0. The van der Waals surface area contributed by atoms with Crippen LogP contribution in [0.5, 0.6) is 0 Å². The van der Waals surface area contributed by atoms with Crippen LogP contribution in [0.2, 0.25) is 0 Å². The van der Waals surface area contributed by atoms with Gasteiger partial charge in [0.2, 0.25) is 0 Å². The van der Waals surface area contributed by atoms with Gasteiger partial charge in [-0.2, -0.15) is 5.10 Å². The van der Waals surface area contributed by atoms with Crippen molar-refractivity contribution in [3.63, 3.8) is 0 Å². The molecule has 0 unspecified atom stereocenters. The van der Waals surface area contributed by atoms with Gasteiger partial charge in [-0.3, -0.25) is 0 Å². The van der Waals surface area contributed by atoms with Gasteiger partial charge in [-0.1, -0.05) is 44.4 Å². The Bertz CT molecular complexity index is 1450. The summed E-state index contributed by atoms with van der Waals surface area (Å²) in [6.45, 7) is 4.07. The minimum atomic E-state index is -0.338. The van der Waals surface area contributed by atoms with Crippen molar-refractivity contribution in [3.8, 4) is 11.1 Å². The van der Waals surface area contributed by atoms with Crippen LogP contribution in [0, 0.1) is 12.7 Å². The molecule has 2 aromatic carbocycles. The lowest BCUT2D eigenvalue weighted by Gasteiger charge is -2.25. The molecule has 7 heteroatoms. The third kappa shape index (κ3) is 5.23. The van der Waals surface area contributed by atoms with Crippen LogP contribution >= 0.6 is 0 Å². The van der Waals surface area contributed by atoms with E-state index in [1.54, 1.807) is 12.3 Å². The van der Waals surface area contributed by atoms with Crippen LogP contribution in [0.3, 0.4) is 0 Å². The monoisotopic (exact) mass is 499 g/mol. The fourth-order valence-corrected chi connectivity index (χ4v) is 5.21. The number of benzene rings is 2. The van der Waals surface area contributed by atoms with E-state index in [0.717, 1.165) is 58.3 Å². The molecule has 37 heavy (non-hydrogen) atoms. The lowest BCUT2D eigenvalue weighted by atomic mass is 9.95. The summed E-state index contributed by atoms with van der Waals surface area (Å²) in [7, 11) is 0. The molecule has 1 fully saturated rings. The van der Waals surface area contributed by atoms with Gasteiger partial charge in [-0.15, -0.1) is 0 Å². The first kappa shape index (κ1) is 25.0. The van der Waals surface area contributed by atoms with Crippen molar-refractivity contribution >= 4 is 22.7 Å². The van der Waals surface area contributed by atoms with E-state index < -0.39 is 0 Å². The van der Waals surface area contributed by atoms with Gasteiger partial charge in [0.05, 0.1) is 35.3 Å². The first-order valence-electron chi connectivity index (χ1n) is 13.1. The normalized spacial score (nSPS) is 14.9. The predicted octanol–water partition coefficient (Wildman–Crippen LogP) is 6.29. The Balaban J connectivity index is 1.64. The largest absolute Gasteiger partial charge is 0.392 e. The van der Waals surface area contributed by atoms with E-state index in [2.05, 4.69) is 28.4 Å². The Labute approximate surface area is 217 Å². The van der Waals surface area contributed by atoms with Gasteiger partial charge in [0.15, 0.2) is 0 Å². The highest BCUT2D eigenvalue weighted by atomic mass is 19.1. The van der Waals surface area contributed by atoms with Crippen LogP contribution in [0.25, 0.3) is 16.6 Å². The molecule has 0 atom stereocenters. The third-order valence-corrected chi connectivity index (χ3v) is 7.33. The second-order valence-corrected chi connectivity index (χ2v) is 9.90. The average Bonchev–Trinajstić information content (AvgIpc) is 3.34. The Morgan fingerprint density at radius 1 is 1.16 bits per heavy atom. The number of halogens is 1. The average molecular weight is 500 g/mol. The quantitative estimate of drug-likeness (QED) is 0.206. The number of aliphatic hydroxyl groups excluding tert-OH is 1. The van der Waals surface area contributed by atoms with Crippen molar-refractivity contribution < 1.29 is 9.50 Å². The van der Waals surface area contributed by atoms with Crippen LogP contribution < -0.4 is 11.1 Å². The molecule has 1 saturated carbocycles. The second-order valence-electron chi connectivity index (χ2n) is 9.90. The summed E-state index contributed by atoms with van der Waals surface area (Å²) in [5, 5.41) is 18.1. The summed E-state index contributed by atoms with van der Waals surface area (Å²) in [5.41, 5.74) is 14.6. The van der Waals surface area contributed by atoms with Crippen molar-refractivity contribution in [1.82, 2.24) is 9.61 Å². The molecular weight excluding hydrogens is 465 g/mol. The lowest BCUT2D eigenvalue weighted by Crippen LogP contribution is -2.25. The molecular formula is C30H34FN5O. The second kappa shape index (κ2) is 10.7. The topological polar surface area (TPSA) is 87.9 Å². The highest BCUT2D eigenvalue weighted by Crippen LogP contribution is 2.33. The maximum Gasteiger partial charge on any atom is 0.135 e. The van der Waals surface area contributed by atoms with Crippen molar-refractivity contribution in [2.45, 2.75) is 65.0 Å². The molecule has 2 aromatic heterocycles. The smallest absolute Gasteiger partial charge is 0.135 e. The molecule has 2 heterocycles. The highest BCUT2D eigenvalue weighted by Gasteiger charge is 2.20. The fraction of sp³-hybridized carbons (Fsp3) is 0.333. The minimum absolute atomic E-state index is 0.00956. The Morgan fingerprint density at radius 2 is 1.97 bits per heavy atom. The SMILES string of the molecule is CCc1ccc(F)cc1N=C(N)c1cnn2cc(-c3cc(CO)ccc3C)cc2c1NC1CCCCC1. The Morgan fingerprint density at radius 3 is 2.73 bits per heavy atom. The molecule has 6 nitrogen and oxygen atoms in total. The van der Waals surface area contributed by atoms with Gasteiger partial charge in [0.25, 0.3) is 0 Å².